The highest BCUT2D eigenvalue weighted by Crippen LogP contribution is 2.24. The molecular weight excluding hydrogens is 338 g/mol. The van der Waals surface area contributed by atoms with Gasteiger partial charge in [-0.15, -0.1) is 0 Å². The summed E-state index contributed by atoms with van der Waals surface area (Å²) in [4.78, 5) is 14.9. The number of nitrogens with zero attached hydrogens (tertiary/aromatic N) is 1. The highest BCUT2D eigenvalue weighted by molar-refractivity contribution is 6.34. The molecule has 25 heavy (non-hydrogen) atoms. The standard InChI is InChI=1S/C19H18ClN3O2/c1-12-7-8-14(9-13(12)2)25-11-18(24)23-21-10-16-15-5-3-4-6-17(15)22-19(16)20/h3-10,22H,11H2,1-2H3,(H,23,24)/b21-10-. The number of hydrazone groups is 1. The summed E-state index contributed by atoms with van der Waals surface area (Å²) in [5.41, 5.74) is 6.38. The Morgan fingerprint density at radius 1 is 1.24 bits per heavy atom. The van der Waals surface area contributed by atoms with Gasteiger partial charge in [0.05, 0.1) is 6.21 Å². The number of rotatable bonds is 5. The van der Waals surface area contributed by atoms with E-state index in [2.05, 4.69) is 15.5 Å². The number of carbonyl (C=O) groups excluding carboxylic acids is 1. The molecular formula is C19H18ClN3O2. The van der Waals surface area contributed by atoms with Crippen molar-refractivity contribution in [3.05, 3.63) is 64.3 Å². The zero-order valence-corrected chi connectivity index (χ0v) is 14.7. The van der Waals surface area contributed by atoms with Crippen LogP contribution in [0.2, 0.25) is 5.15 Å². The van der Waals surface area contributed by atoms with Crippen molar-refractivity contribution in [2.24, 2.45) is 5.10 Å². The minimum absolute atomic E-state index is 0.110. The molecule has 1 aromatic heterocycles. The van der Waals surface area contributed by atoms with Crippen LogP contribution in [0.5, 0.6) is 5.75 Å². The highest BCUT2D eigenvalue weighted by Gasteiger charge is 2.07. The van der Waals surface area contributed by atoms with Crippen molar-refractivity contribution < 1.29 is 9.53 Å². The fourth-order valence-electron chi connectivity index (χ4n) is 2.41. The Labute approximate surface area is 150 Å². The van der Waals surface area contributed by atoms with E-state index in [1.54, 1.807) is 0 Å². The SMILES string of the molecule is Cc1ccc(OCC(=O)N/N=C\c2c(Cl)[nH]c3ccccc23)cc1C. The zero-order valence-electron chi connectivity index (χ0n) is 14.0. The topological polar surface area (TPSA) is 66.5 Å². The smallest absolute Gasteiger partial charge is 0.277 e. The zero-order chi connectivity index (χ0) is 17.8. The lowest BCUT2D eigenvalue weighted by Crippen LogP contribution is -2.24. The van der Waals surface area contributed by atoms with Crippen LogP contribution in [0.1, 0.15) is 16.7 Å². The molecule has 6 heteroatoms. The van der Waals surface area contributed by atoms with Crippen LogP contribution in [0.25, 0.3) is 10.9 Å². The Balaban J connectivity index is 1.59. The van der Waals surface area contributed by atoms with E-state index in [1.165, 1.54) is 11.8 Å². The van der Waals surface area contributed by atoms with Crippen LogP contribution < -0.4 is 10.2 Å². The first-order valence-corrected chi connectivity index (χ1v) is 8.20. The van der Waals surface area contributed by atoms with Gasteiger partial charge >= 0.3 is 0 Å². The van der Waals surface area contributed by atoms with Gasteiger partial charge < -0.3 is 9.72 Å². The number of benzene rings is 2. The lowest BCUT2D eigenvalue weighted by atomic mass is 10.1. The summed E-state index contributed by atoms with van der Waals surface area (Å²) in [6.45, 7) is 3.91. The lowest BCUT2D eigenvalue weighted by molar-refractivity contribution is -0.123. The average molecular weight is 356 g/mol. The number of nitrogens with one attached hydrogen (secondary N) is 2. The molecule has 1 amide bonds. The fraction of sp³-hybridized carbons (Fsp3) is 0.158. The van der Waals surface area contributed by atoms with Gasteiger partial charge in [0.1, 0.15) is 10.9 Å². The van der Waals surface area contributed by atoms with Gasteiger partial charge in [0.15, 0.2) is 6.61 Å². The number of aryl methyl sites for hydroxylation is 2. The molecule has 0 radical (unpaired) electrons. The number of hydrogen-bond acceptors (Lipinski definition) is 3. The maximum Gasteiger partial charge on any atom is 0.277 e. The van der Waals surface area contributed by atoms with E-state index in [4.69, 9.17) is 16.3 Å². The van der Waals surface area contributed by atoms with Crippen LogP contribution >= 0.6 is 11.6 Å². The molecule has 0 aliphatic heterocycles. The molecule has 0 saturated heterocycles. The number of para-hydroxylation sites is 1. The van der Waals surface area contributed by atoms with Gasteiger partial charge in [0.25, 0.3) is 5.91 Å². The van der Waals surface area contributed by atoms with E-state index >= 15 is 0 Å². The molecule has 2 N–H and O–H groups in total. The first-order chi connectivity index (χ1) is 12.0. The molecule has 0 bridgehead atoms. The summed E-state index contributed by atoms with van der Waals surface area (Å²) < 4.78 is 5.47. The Kier molecular flexibility index (Phi) is 5.05. The van der Waals surface area contributed by atoms with Gasteiger partial charge in [-0.2, -0.15) is 5.10 Å². The Morgan fingerprint density at radius 2 is 2.04 bits per heavy atom. The minimum atomic E-state index is -0.342. The summed E-state index contributed by atoms with van der Waals surface area (Å²) in [6.07, 6.45) is 1.52. The second-order valence-corrected chi connectivity index (χ2v) is 6.10. The van der Waals surface area contributed by atoms with Gasteiger partial charge in [-0.05, 0) is 43.2 Å². The van der Waals surface area contributed by atoms with E-state index in [1.807, 2.05) is 56.3 Å². The second kappa shape index (κ2) is 7.40. The van der Waals surface area contributed by atoms with Gasteiger partial charge in [-0.3, -0.25) is 4.79 Å². The number of aromatic amines is 1. The number of halogens is 1. The van der Waals surface area contributed by atoms with Crippen molar-refractivity contribution >= 4 is 34.6 Å². The number of hydrogen-bond donors (Lipinski definition) is 2. The monoisotopic (exact) mass is 355 g/mol. The molecule has 3 rings (SSSR count). The van der Waals surface area contributed by atoms with Crippen LogP contribution in [0.15, 0.2) is 47.6 Å². The third-order valence-corrected chi connectivity index (χ3v) is 4.23. The molecule has 0 fully saturated rings. The number of fused-ring (bicyclic) bond motifs is 1. The molecule has 0 spiro atoms. The van der Waals surface area contributed by atoms with Gasteiger partial charge in [0, 0.05) is 16.5 Å². The molecule has 3 aromatic rings. The van der Waals surface area contributed by atoms with Crippen molar-refractivity contribution in [2.75, 3.05) is 6.61 Å². The predicted molar refractivity (Wildman–Crippen MR) is 100 cm³/mol. The number of amides is 1. The van der Waals surface area contributed by atoms with Crippen LogP contribution in [0.3, 0.4) is 0 Å². The number of H-pyrrole nitrogens is 1. The summed E-state index contributed by atoms with van der Waals surface area (Å²) in [5.74, 6) is 0.312. The predicted octanol–water partition coefficient (Wildman–Crippen LogP) is 3.97. The van der Waals surface area contributed by atoms with E-state index in [0.717, 1.165) is 22.0 Å². The van der Waals surface area contributed by atoms with Crippen molar-refractivity contribution in [2.45, 2.75) is 13.8 Å². The van der Waals surface area contributed by atoms with Gasteiger partial charge in [0.2, 0.25) is 0 Å². The second-order valence-electron chi connectivity index (χ2n) is 5.73. The fourth-order valence-corrected chi connectivity index (χ4v) is 2.66. The first kappa shape index (κ1) is 17.0. The molecule has 1 heterocycles. The Bertz CT molecular complexity index is 947. The summed E-state index contributed by atoms with van der Waals surface area (Å²) in [7, 11) is 0. The van der Waals surface area contributed by atoms with E-state index in [9.17, 15) is 4.79 Å². The Hall–Kier alpha value is -2.79. The first-order valence-electron chi connectivity index (χ1n) is 7.83. The number of ether oxygens (including phenoxy) is 1. The molecule has 128 valence electrons. The largest absolute Gasteiger partial charge is 0.484 e. The lowest BCUT2D eigenvalue weighted by Gasteiger charge is -2.07. The normalized spacial score (nSPS) is 11.2. The number of aromatic nitrogens is 1. The van der Waals surface area contributed by atoms with E-state index in [0.29, 0.717) is 10.9 Å². The molecule has 0 aliphatic rings. The van der Waals surface area contributed by atoms with E-state index < -0.39 is 0 Å². The van der Waals surface area contributed by atoms with Crippen LogP contribution in [0.4, 0.5) is 0 Å². The molecule has 0 unspecified atom stereocenters. The minimum Gasteiger partial charge on any atom is -0.484 e. The van der Waals surface area contributed by atoms with Crippen molar-refractivity contribution in [3.63, 3.8) is 0 Å². The van der Waals surface area contributed by atoms with Gasteiger partial charge in [-0.25, -0.2) is 5.43 Å². The van der Waals surface area contributed by atoms with Crippen molar-refractivity contribution in [1.29, 1.82) is 0 Å². The number of carbonyl (C=O) groups is 1. The Morgan fingerprint density at radius 3 is 2.84 bits per heavy atom. The third-order valence-electron chi connectivity index (χ3n) is 3.93. The third kappa shape index (κ3) is 4.00. The maximum atomic E-state index is 11.9. The molecule has 5 nitrogen and oxygen atoms in total. The van der Waals surface area contributed by atoms with Crippen molar-refractivity contribution in [3.8, 4) is 5.75 Å². The summed E-state index contributed by atoms with van der Waals surface area (Å²) in [5, 5.41) is 5.38. The van der Waals surface area contributed by atoms with Crippen molar-refractivity contribution in [1.82, 2.24) is 10.4 Å². The van der Waals surface area contributed by atoms with Gasteiger partial charge in [-0.1, -0.05) is 35.9 Å². The van der Waals surface area contributed by atoms with Crippen LogP contribution in [-0.2, 0) is 4.79 Å². The van der Waals surface area contributed by atoms with Crippen LogP contribution in [-0.4, -0.2) is 23.7 Å². The summed E-state index contributed by atoms with van der Waals surface area (Å²) in [6, 6.07) is 13.4. The average Bonchev–Trinajstić information content (AvgIpc) is 2.92. The quantitative estimate of drug-likeness (QED) is 0.537. The highest BCUT2D eigenvalue weighted by atomic mass is 35.5. The molecule has 0 aliphatic carbocycles. The summed E-state index contributed by atoms with van der Waals surface area (Å²) >= 11 is 6.17. The molecule has 0 atom stereocenters. The van der Waals surface area contributed by atoms with Crippen LogP contribution in [0, 0.1) is 13.8 Å². The maximum absolute atomic E-state index is 11.9. The van der Waals surface area contributed by atoms with E-state index in [-0.39, 0.29) is 12.5 Å². The molecule has 0 saturated carbocycles. The molecule has 2 aromatic carbocycles.